The molecule has 0 fully saturated rings. The molecule has 0 saturated heterocycles. The van der Waals surface area contributed by atoms with E-state index in [0.29, 0.717) is 16.7 Å². The molecule has 2 nitrogen and oxygen atoms in total. The average molecular weight is 477 g/mol. The van der Waals surface area contributed by atoms with Crippen LogP contribution in [0.1, 0.15) is 11.1 Å². The molecule has 4 heteroatoms. The molecule has 6 rings (SSSR count). The van der Waals surface area contributed by atoms with Crippen LogP contribution in [0.5, 0.6) is 0 Å². The first-order valence-electron chi connectivity index (χ1n) is 11.9. The fourth-order valence-electron chi connectivity index (χ4n) is 4.97. The second-order valence-corrected chi connectivity index (χ2v) is 9.32. The molecule has 2 aromatic heterocycles. The van der Waals surface area contributed by atoms with Crippen molar-refractivity contribution >= 4 is 21.9 Å². The van der Waals surface area contributed by atoms with Gasteiger partial charge in [-0.2, -0.15) is 4.57 Å². The van der Waals surface area contributed by atoms with Crippen molar-refractivity contribution < 1.29 is 17.8 Å². The Morgan fingerprint density at radius 2 is 1.19 bits per heavy atom. The molecule has 0 aliphatic rings. The fourth-order valence-corrected chi connectivity index (χ4v) is 4.97. The third kappa shape index (κ3) is 3.57. The van der Waals surface area contributed by atoms with E-state index in [1.807, 2.05) is 43.3 Å². The number of rotatable bonds is 3. The van der Waals surface area contributed by atoms with Gasteiger partial charge in [0, 0.05) is 16.8 Å². The summed E-state index contributed by atoms with van der Waals surface area (Å²) in [7, 11) is 1.81. The molecule has 0 atom stereocenters. The van der Waals surface area contributed by atoms with Gasteiger partial charge in [0.2, 0.25) is 11.9 Å². The highest BCUT2D eigenvalue weighted by Gasteiger charge is 2.23. The van der Waals surface area contributed by atoms with E-state index in [4.69, 9.17) is 4.42 Å². The lowest BCUT2D eigenvalue weighted by atomic mass is 9.97. The van der Waals surface area contributed by atoms with Crippen molar-refractivity contribution in [1.82, 2.24) is 0 Å². The van der Waals surface area contributed by atoms with Crippen LogP contribution in [0.2, 0.25) is 0 Å². The Labute approximate surface area is 208 Å². The van der Waals surface area contributed by atoms with Crippen LogP contribution in [0.25, 0.3) is 55.4 Å². The molecule has 0 N–H and O–H groups in total. The maximum Gasteiger partial charge on any atom is 0.216 e. The van der Waals surface area contributed by atoms with Crippen LogP contribution in [0.15, 0.2) is 95.5 Å². The van der Waals surface area contributed by atoms with Gasteiger partial charge in [-0.3, -0.25) is 0 Å². The summed E-state index contributed by atoms with van der Waals surface area (Å²) in [4.78, 5) is 0. The van der Waals surface area contributed by atoms with E-state index in [1.54, 1.807) is 23.7 Å². The number of hydrogen-bond donors (Lipinski definition) is 0. The number of aryl methyl sites for hydroxylation is 3. The van der Waals surface area contributed by atoms with Crippen LogP contribution < -0.4 is 4.57 Å². The standard InChI is InChI=1S/C32H24F2NO/c1-19-4-7-21(8-5-19)22-9-11-23(12-10-22)30-27(34)16-15-26-25-14-6-20(2)29(31(25)36-32(26)30)28-17-13-24(33)18-35(28)3/h4-18H,1-3H3/q+1. The summed E-state index contributed by atoms with van der Waals surface area (Å²) in [6, 6.07) is 26.7. The first kappa shape index (κ1) is 22.2. The Hall–Kier alpha value is -4.31. The Morgan fingerprint density at radius 1 is 0.611 bits per heavy atom. The van der Waals surface area contributed by atoms with Gasteiger partial charge >= 0.3 is 0 Å². The van der Waals surface area contributed by atoms with E-state index in [0.717, 1.165) is 44.3 Å². The van der Waals surface area contributed by atoms with Gasteiger partial charge in [0.1, 0.15) is 24.0 Å². The minimum atomic E-state index is -0.338. The van der Waals surface area contributed by atoms with Gasteiger partial charge in [-0.05, 0) is 54.3 Å². The third-order valence-corrected chi connectivity index (χ3v) is 6.88. The molecule has 0 spiro atoms. The van der Waals surface area contributed by atoms with E-state index in [-0.39, 0.29) is 11.6 Å². The minimum absolute atomic E-state index is 0.311. The monoisotopic (exact) mass is 476 g/mol. The molecule has 6 aromatic rings. The Morgan fingerprint density at radius 3 is 1.86 bits per heavy atom. The first-order chi connectivity index (χ1) is 17.4. The van der Waals surface area contributed by atoms with Crippen LogP contribution in [0.3, 0.4) is 0 Å². The lowest BCUT2D eigenvalue weighted by Gasteiger charge is -2.07. The number of furan rings is 1. The molecule has 176 valence electrons. The van der Waals surface area contributed by atoms with Gasteiger partial charge in [0.05, 0.1) is 11.1 Å². The van der Waals surface area contributed by atoms with Gasteiger partial charge in [0.25, 0.3) is 0 Å². The maximum atomic E-state index is 15.3. The van der Waals surface area contributed by atoms with Gasteiger partial charge in [0.15, 0.2) is 5.82 Å². The minimum Gasteiger partial charge on any atom is -0.454 e. The Balaban J connectivity index is 1.56. The van der Waals surface area contributed by atoms with Crippen molar-refractivity contribution in [3.05, 3.63) is 114 Å². The first-order valence-corrected chi connectivity index (χ1v) is 11.9. The summed E-state index contributed by atoms with van der Waals surface area (Å²) in [5.41, 5.74) is 8.42. The van der Waals surface area contributed by atoms with Crippen molar-refractivity contribution in [2.24, 2.45) is 7.05 Å². The fraction of sp³-hybridized carbons (Fsp3) is 0.0938. The zero-order chi connectivity index (χ0) is 25.0. The summed E-state index contributed by atoms with van der Waals surface area (Å²) in [5, 5.41) is 1.74. The highest BCUT2D eigenvalue weighted by atomic mass is 19.1. The van der Waals surface area contributed by atoms with E-state index < -0.39 is 0 Å². The second-order valence-electron chi connectivity index (χ2n) is 9.32. The quantitative estimate of drug-likeness (QED) is 0.235. The van der Waals surface area contributed by atoms with Crippen LogP contribution in [0.4, 0.5) is 8.78 Å². The predicted molar refractivity (Wildman–Crippen MR) is 141 cm³/mol. The second kappa shape index (κ2) is 8.42. The van der Waals surface area contributed by atoms with Crippen LogP contribution in [-0.2, 0) is 7.05 Å². The molecule has 4 aromatic carbocycles. The SMILES string of the molecule is Cc1ccc(-c2ccc(-c3c(F)ccc4c3oc3c(-c5ccc(F)c[n+]5C)c(C)ccc34)cc2)cc1. The summed E-state index contributed by atoms with van der Waals surface area (Å²) >= 11 is 0. The maximum absolute atomic E-state index is 15.3. The van der Waals surface area contributed by atoms with E-state index in [1.165, 1.54) is 23.9 Å². The van der Waals surface area contributed by atoms with Crippen molar-refractivity contribution in [2.75, 3.05) is 0 Å². The number of fused-ring (bicyclic) bond motifs is 3. The predicted octanol–water partition coefficient (Wildman–Crippen LogP) is 8.31. The number of hydrogen-bond acceptors (Lipinski definition) is 1. The summed E-state index contributed by atoms with van der Waals surface area (Å²) in [5.74, 6) is -0.649. The van der Waals surface area contributed by atoms with Crippen molar-refractivity contribution in [2.45, 2.75) is 13.8 Å². The largest absolute Gasteiger partial charge is 0.454 e. The highest BCUT2D eigenvalue weighted by Crippen LogP contribution is 2.41. The lowest BCUT2D eigenvalue weighted by molar-refractivity contribution is -0.661. The van der Waals surface area contributed by atoms with Crippen molar-refractivity contribution in [1.29, 1.82) is 0 Å². The van der Waals surface area contributed by atoms with E-state index >= 15 is 4.39 Å². The molecular weight excluding hydrogens is 452 g/mol. The van der Waals surface area contributed by atoms with Crippen LogP contribution in [-0.4, -0.2) is 0 Å². The molecule has 36 heavy (non-hydrogen) atoms. The number of pyridine rings is 1. The summed E-state index contributed by atoms with van der Waals surface area (Å²) < 4.78 is 37.3. The summed E-state index contributed by atoms with van der Waals surface area (Å²) in [6.07, 6.45) is 1.44. The highest BCUT2D eigenvalue weighted by molar-refractivity contribution is 6.13. The topological polar surface area (TPSA) is 17.0 Å². The third-order valence-electron chi connectivity index (χ3n) is 6.88. The van der Waals surface area contributed by atoms with Gasteiger partial charge in [-0.1, -0.05) is 66.2 Å². The van der Waals surface area contributed by atoms with Crippen LogP contribution >= 0.6 is 0 Å². The van der Waals surface area contributed by atoms with Gasteiger partial charge in [-0.15, -0.1) is 0 Å². The molecule has 0 aliphatic heterocycles. The zero-order valence-corrected chi connectivity index (χ0v) is 20.3. The number of nitrogens with zero attached hydrogens (tertiary/aromatic N) is 1. The van der Waals surface area contributed by atoms with Crippen molar-refractivity contribution in [3.63, 3.8) is 0 Å². The molecule has 0 bridgehead atoms. The number of halogens is 2. The molecular formula is C32H24F2NO+. The smallest absolute Gasteiger partial charge is 0.216 e. The lowest BCUT2D eigenvalue weighted by Crippen LogP contribution is -2.31. The molecule has 0 radical (unpaired) electrons. The van der Waals surface area contributed by atoms with Gasteiger partial charge in [-0.25, -0.2) is 8.78 Å². The van der Waals surface area contributed by atoms with E-state index in [9.17, 15) is 4.39 Å². The molecule has 0 saturated carbocycles. The number of aromatic nitrogens is 1. The average Bonchev–Trinajstić information content (AvgIpc) is 3.24. The van der Waals surface area contributed by atoms with Crippen molar-refractivity contribution in [3.8, 4) is 33.5 Å². The molecule has 0 aliphatic carbocycles. The summed E-state index contributed by atoms with van der Waals surface area (Å²) in [6.45, 7) is 4.06. The van der Waals surface area contributed by atoms with Crippen LogP contribution in [0, 0.1) is 25.5 Å². The zero-order valence-electron chi connectivity index (χ0n) is 20.3. The Kier molecular flexibility index (Phi) is 5.18. The van der Waals surface area contributed by atoms with Gasteiger partial charge < -0.3 is 4.42 Å². The molecule has 2 heterocycles. The normalized spacial score (nSPS) is 11.5. The Bertz CT molecular complexity index is 1760. The van der Waals surface area contributed by atoms with E-state index in [2.05, 4.69) is 31.2 Å². The molecule has 0 amide bonds. The molecule has 0 unspecified atom stereocenters. The number of benzene rings is 4.